The first kappa shape index (κ1) is 22.3. The number of aromatic nitrogens is 4. The molecule has 10 nitrogen and oxygen atoms in total. The fourth-order valence-electron chi connectivity index (χ4n) is 4.26. The van der Waals surface area contributed by atoms with Gasteiger partial charge in [0, 0.05) is 61.4 Å². The third kappa shape index (κ3) is 5.18. The van der Waals surface area contributed by atoms with Crippen molar-refractivity contribution in [2.75, 3.05) is 37.1 Å². The maximum absolute atomic E-state index is 12.7. The number of anilines is 2. The fourth-order valence-corrected chi connectivity index (χ4v) is 4.26. The zero-order valence-electron chi connectivity index (χ0n) is 18.9. The Bertz CT molecular complexity index is 1040. The summed E-state index contributed by atoms with van der Waals surface area (Å²) in [5.74, 6) is 1.56. The lowest BCUT2D eigenvalue weighted by atomic mass is 10.1. The van der Waals surface area contributed by atoms with Crippen LogP contribution in [0.25, 0.3) is 0 Å². The van der Waals surface area contributed by atoms with Crippen molar-refractivity contribution in [2.24, 2.45) is 11.8 Å². The molecular weight excluding hydrogens is 436 g/mol. The Morgan fingerprint density at radius 2 is 1.21 bits per heavy atom. The van der Waals surface area contributed by atoms with Crippen LogP contribution in [0, 0.1) is 11.8 Å². The summed E-state index contributed by atoms with van der Waals surface area (Å²) in [7, 11) is 0. The van der Waals surface area contributed by atoms with Gasteiger partial charge < -0.3 is 20.1 Å². The zero-order valence-corrected chi connectivity index (χ0v) is 18.9. The number of nitrogens with zero attached hydrogens (tertiary/aromatic N) is 4. The van der Waals surface area contributed by atoms with E-state index >= 15 is 0 Å². The van der Waals surface area contributed by atoms with Crippen molar-refractivity contribution in [3.63, 3.8) is 0 Å². The van der Waals surface area contributed by atoms with Crippen LogP contribution in [-0.2, 0) is 22.6 Å². The largest absolute Gasteiger partial charge is 0.381 e. The molecule has 34 heavy (non-hydrogen) atoms. The number of ether oxygens (including phenoxy) is 2. The molecule has 0 saturated carbocycles. The second-order valence-corrected chi connectivity index (χ2v) is 8.74. The van der Waals surface area contributed by atoms with E-state index in [0.29, 0.717) is 60.9 Å². The Hall–Kier alpha value is -3.50. The molecule has 2 amide bonds. The molecule has 2 N–H and O–H groups in total. The van der Waals surface area contributed by atoms with Crippen LogP contribution in [0.5, 0.6) is 0 Å². The van der Waals surface area contributed by atoms with E-state index in [1.807, 2.05) is 0 Å². The molecule has 3 aromatic rings. The predicted molar refractivity (Wildman–Crippen MR) is 125 cm³/mol. The van der Waals surface area contributed by atoms with Gasteiger partial charge in [0.05, 0.1) is 25.6 Å². The summed E-state index contributed by atoms with van der Waals surface area (Å²) in [6.07, 6.45) is 5.33. The van der Waals surface area contributed by atoms with Crippen LogP contribution in [0.1, 0.15) is 33.6 Å². The summed E-state index contributed by atoms with van der Waals surface area (Å²) in [5, 5.41) is 14.4. The molecule has 10 heteroatoms. The van der Waals surface area contributed by atoms with Gasteiger partial charge in [-0.25, -0.2) is 9.36 Å². The highest BCUT2D eigenvalue weighted by Crippen LogP contribution is 2.19. The van der Waals surface area contributed by atoms with E-state index in [-0.39, 0.29) is 11.8 Å². The standard InChI is InChI=1S/C24H28N6O4/c31-23(27-21-5-9-25-29(21)13-17-7-11-33-15-17)19-1-2-20(4-3-19)24(32)28-22-6-10-26-30(22)14-18-8-12-34-16-18/h1-6,9-10,17-18H,7-8,11-16H2,(H,27,31)(H,28,32)/t17-,18+. The molecule has 0 spiro atoms. The molecule has 0 radical (unpaired) electrons. The van der Waals surface area contributed by atoms with Gasteiger partial charge in [-0.1, -0.05) is 0 Å². The van der Waals surface area contributed by atoms with E-state index in [1.54, 1.807) is 58.2 Å². The van der Waals surface area contributed by atoms with Crippen LogP contribution in [0.15, 0.2) is 48.8 Å². The lowest BCUT2D eigenvalue weighted by molar-refractivity contribution is 0.101. The first-order valence-electron chi connectivity index (χ1n) is 11.6. The van der Waals surface area contributed by atoms with Crippen LogP contribution < -0.4 is 10.6 Å². The molecular formula is C24H28N6O4. The minimum Gasteiger partial charge on any atom is -0.381 e. The fraction of sp³-hybridized carbons (Fsp3) is 0.417. The molecule has 0 aliphatic carbocycles. The topological polar surface area (TPSA) is 112 Å². The lowest BCUT2D eigenvalue weighted by Crippen LogP contribution is -2.20. The Morgan fingerprint density at radius 1 is 0.765 bits per heavy atom. The highest BCUT2D eigenvalue weighted by Gasteiger charge is 2.20. The number of amides is 2. The van der Waals surface area contributed by atoms with Crippen molar-refractivity contribution < 1.29 is 19.1 Å². The van der Waals surface area contributed by atoms with Gasteiger partial charge in [-0.05, 0) is 37.1 Å². The maximum Gasteiger partial charge on any atom is 0.256 e. The maximum atomic E-state index is 12.7. The monoisotopic (exact) mass is 464 g/mol. The molecule has 2 atom stereocenters. The summed E-state index contributed by atoms with van der Waals surface area (Å²) in [5.41, 5.74) is 0.916. The Morgan fingerprint density at radius 3 is 1.59 bits per heavy atom. The van der Waals surface area contributed by atoms with Crippen molar-refractivity contribution in [1.82, 2.24) is 19.6 Å². The third-order valence-corrected chi connectivity index (χ3v) is 6.24. The molecule has 4 heterocycles. The van der Waals surface area contributed by atoms with Crippen LogP contribution in [0.2, 0.25) is 0 Å². The minimum atomic E-state index is -0.256. The lowest BCUT2D eigenvalue weighted by Gasteiger charge is -2.13. The number of carbonyl (C=O) groups is 2. The van der Waals surface area contributed by atoms with Crippen molar-refractivity contribution in [3.05, 3.63) is 59.9 Å². The quantitative estimate of drug-likeness (QED) is 0.530. The summed E-state index contributed by atoms with van der Waals surface area (Å²) in [6, 6.07) is 10.1. The smallest absolute Gasteiger partial charge is 0.256 e. The second-order valence-electron chi connectivity index (χ2n) is 8.74. The van der Waals surface area contributed by atoms with Gasteiger partial charge in [0.25, 0.3) is 11.8 Å². The Kier molecular flexibility index (Phi) is 6.68. The van der Waals surface area contributed by atoms with E-state index < -0.39 is 0 Å². The van der Waals surface area contributed by atoms with E-state index in [1.165, 1.54) is 0 Å². The normalized spacial score (nSPS) is 19.9. The first-order valence-corrected chi connectivity index (χ1v) is 11.6. The van der Waals surface area contributed by atoms with Crippen molar-refractivity contribution in [1.29, 1.82) is 0 Å². The van der Waals surface area contributed by atoms with Crippen molar-refractivity contribution >= 4 is 23.5 Å². The SMILES string of the molecule is O=C(Nc1ccnn1C[C@@H]1CCOC1)c1ccc(C(=O)Nc2ccnn2C[C@H]2CCOC2)cc1. The predicted octanol–water partition coefficient (Wildman–Crippen LogP) is 2.66. The van der Waals surface area contributed by atoms with Crippen molar-refractivity contribution in [3.8, 4) is 0 Å². The minimum absolute atomic E-state index is 0.256. The number of hydrogen-bond donors (Lipinski definition) is 2. The average Bonchev–Trinajstić information content (AvgIpc) is 3.66. The Labute approximate surface area is 197 Å². The van der Waals surface area contributed by atoms with Gasteiger partial charge in [-0.15, -0.1) is 0 Å². The molecule has 2 aliphatic heterocycles. The van der Waals surface area contributed by atoms with Crippen LogP contribution >= 0.6 is 0 Å². The zero-order chi connectivity index (χ0) is 23.3. The van der Waals surface area contributed by atoms with Crippen LogP contribution in [0.3, 0.4) is 0 Å². The van der Waals surface area contributed by atoms with Gasteiger partial charge in [0.15, 0.2) is 0 Å². The van der Waals surface area contributed by atoms with Crippen LogP contribution in [0.4, 0.5) is 11.6 Å². The van der Waals surface area contributed by atoms with Gasteiger partial charge in [-0.3, -0.25) is 9.59 Å². The molecule has 178 valence electrons. The molecule has 2 saturated heterocycles. The molecule has 2 fully saturated rings. The number of carbonyl (C=O) groups excluding carboxylic acids is 2. The summed E-state index contributed by atoms with van der Waals surface area (Å²) >= 11 is 0. The van der Waals surface area contributed by atoms with Gasteiger partial charge in [-0.2, -0.15) is 10.2 Å². The number of nitrogens with one attached hydrogen (secondary N) is 2. The molecule has 1 aromatic carbocycles. The van der Waals surface area contributed by atoms with E-state index in [9.17, 15) is 9.59 Å². The highest BCUT2D eigenvalue weighted by atomic mass is 16.5. The Balaban J connectivity index is 1.19. The molecule has 0 unspecified atom stereocenters. The van der Waals surface area contributed by atoms with Gasteiger partial charge in [0.1, 0.15) is 11.6 Å². The third-order valence-electron chi connectivity index (χ3n) is 6.24. The summed E-state index contributed by atoms with van der Waals surface area (Å²) in [4.78, 5) is 25.5. The van der Waals surface area contributed by atoms with Crippen LogP contribution in [-0.4, -0.2) is 57.8 Å². The van der Waals surface area contributed by atoms with Gasteiger partial charge in [0.2, 0.25) is 0 Å². The molecule has 2 aliphatic rings. The molecule has 0 bridgehead atoms. The first-order chi connectivity index (χ1) is 16.7. The summed E-state index contributed by atoms with van der Waals surface area (Å²) in [6.45, 7) is 4.37. The van der Waals surface area contributed by atoms with E-state index in [4.69, 9.17) is 9.47 Å². The average molecular weight is 465 g/mol. The number of rotatable bonds is 8. The van der Waals surface area contributed by atoms with E-state index in [2.05, 4.69) is 20.8 Å². The number of benzene rings is 1. The molecule has 5 rings (SSSR count). The second kappa shape index (κ2) is 10.2. The van der Waals surface area contributed by atoms with Gasteiger partial charge >= 0.3 is 0 Å². The molecule has 2 aromatic heterocycles. The van der Waals surface area contributed by atoms with E-state index in [0.717, 1.165) is 26.1 Å². The van der Waals surface area contributed by atoms with Crippen molar-refractivity contribution in [2.45, 2.75) is 25.9 Å². The summed E-state index contributed by atoms with van der Waals surface area (Å²) < 4.78 is 14.4. The number of hydrogen-bond acceptors (Lipinski definition) is 6. The highest BCUT2D eigenvalue weighted by molar-refractivity contribution is 6.06.